The van der Waals surface area contributed by atoms with Crippen molar-refractivity contribution in [1.82, 2.24) is 34.3 Å². The Hall–Kier alpha value is -4.64. The highest BCUT2D eigenvalue weighted by Gasteiger charge is 2.23. The second-order valence-electron chi connectivity index (χ2n) is 10.5. The minimum Gasteiger partial charge on any atom is -0.393 e. The molecule has 0 spiro atoms. The molecule has 1 aromatic carbocycles. The maximum atomic E-state index is 12.3. The van der Waals surface area contributed by atoms with Crippen LogP contribution in [0.15, 0.2) is 61.7 Å². The van der Waals surface area contributed by atoms with Crippen LogP contribution in [0.1, 0.15) is 61.5 Å². The van der Waals surface area contributed by atoms with Crippen molar-refractivity contribution in [2.75, 3.05) is 5.32 Å². The first kappa shape index (κ1) is 25.6. The topological polar surface area (TPSA) is 150 Å². The molecule has 0 saturated heterocycles. The Morgan fingerprint density at radius 3 is 2.60 bits per heavy atom. The van der Waals surface area contributed by atoms with Crippen LogP contribution in [0.3, 0.4) is 0 Å². The van der Waals surface area contributed by atoms with Gasteiger partial charge in [-0.2, -0.15) is 5.10 Å². The fourth-order valence-electron chi connectivity index (χ4n) is 5.33. The maximum absolute atomic E-state index is 12.3. The van der Waals surface area contributed by atoms with Gasteiger partial charge in [0.25, 0.3) is 5.91 Å². The number of benzene rings is 1. The number of fused-ring (bicyclic) bond motifs is 1. The highest BCUT2D eigenvalue weighted by molar-refractivity contribution is 5.99. The van der Waals surface area contributed by atoms with Crippen LogP contribution in [-0.4, -0.2) is 57.4 Å². The SMILES string of the molecule is CC(C)c1nn(-c2ccc(C(N)=O)c(NC3CCC(O)CC3)c2)c2nccc(-n3cnc(-c4cncnc4)c3)c12. The van der Waals surface area contributed by atoms with Gasteiger partial charge in [-0.25, -0.2) is 24.6 Å². The highest BCUT2D eigenvalue weighted by atomic mass is 16.3. The van der Waals surface area contributed by atoms with Crippen molar-refractivity contribution >= 4 is 22.6 Å². The van der Waals surface area contributed by atoms with Crippen LogP contribution in [0.2, 0.25) is 0 Å². The quantitative estimate of drug-likeness (QED) is 0.282. The minimum atomic E-state index is -0.502. The van der Waals surface area contributed by atoms with E-state index in [0.717, 1.165) is 59.4 Å². The van der Waals surface area contributed by atoms with E-state index in [-0.39, 0.29) is 18.1 Å². The molecule has 4 N–H and O–H groups in total. The Morgan fingerprint density at radius 2 is 1.88 bits per heavy atom. The number of hydrogen-bond acceptors (Lipinski definition) is 8. The van der Waals surface area contributed by atoms with Crippen molar-refractivity contribution in [2.45, 2.75) is 57.6 Å². The van der Waals surface area contributed by atoms with E-state index in [1.54, 1.807) is 31.0 Å². The van der Waals surface area contributed by atoms with Gasteiger partial charge >= 0.3 is 0 Å². The van der Waals surface area contributed by atoms with E-state index < -0.39 is 5.91 Å². The van der Waals surface area contributed by atoms with Crippen molar-refractivity contribution < 1.29 is 9.90 Å². The molecular weight excluding hydrogens is 506 g/mol. The van der Waals surface area contributed by atoms with Crippen molar-refractivity contribution in [3.63, 3.8) is 0 Å². The lowest BCUT2D eigenvalue weighted by Crippen LogP contribution is -2.29. The maximum Gasteiger partial charge on any atom is 0.250 e. The molecule has 0 aliphatic heterocycles. The minimum absolute atomic E-state index is 0.119. The summed E-state index contributed by atoms with van der Waals surface area (Å²) in [5.74, 6) is -0.383. The summed E-state index contributed by atoms with van der Waals surface area (Å²) in [6, 6.07) is 7.57. The van der Waals surface area contributed by atoms with E-state index in [2.05, 4.69) is 34.1 Å². The molecule has 1 saturated carbocycles. The molecule has 11 nitrogen and oxygen atoms in total. The van der Waals surface area contributed by atoms with Gasteiger partial charge in [0.2, 0.25) is 0 Å². The number of pyridine rings is 1. The third-order valence-corrected chi connectivity index (χ3v) is 7.41. The molecule has 1 amide bonds. The number of nitrogens with one attached hydrogen (secondary N) is 1. The number of primary amides is 1. The second-order valence-corrected chi connectivity index (χ2v) is 10.5. The van der Waals surface area contributed by atoms with Crippen LogP contribution in [0.4, 0.5) is 5.69 Å². The van der Waals surface area contributed by atoms with E-state index in [0.29, 0.717) is 16.9 Å². The molecule has 0 bridgehead atoms. The zero-order chi connectivity index (χ0) is 27.8. The summed E-state index contributed by atoms with van der Waals surface area (Å²) < 4.78 is 3.78. The second kappa shape index (κ2) is 10.5. The first-order valence-corrected chi connectivity index (χ1v) is 13.4. The Balaban J connectivity index is 1.44. The van der Waals surface area contributed by atoms with Crippen LogP contribution in [-0.2, 0) is 0 Å². The van der Waals surface area contributed by atoms with Gasteiger partial charge in [0, 0.05) is 42.1 Å². The Morgan fingerprint density at radius 1 is 1.10 bits per heavy atom. The number of nitrogens with two attached hydrogens (primary N) is 1. The van der Waals surface area contributed by atoms with Gasteiger partial charge in [-0.3, -0.25) is 4.79 Å². The third-order valence-electron chi connectivity index (χ3n) is 7.41. The lowest BCUT2D eigenvalue weighted by atomic mass is 9.92. The number of aliphatic hydroxyl groups excluding tert-OH is 1. The summed E-state index contributed by atoms with van der Waals surface area (Å²) in [5.41, 5.74) is 11.6. The lowest BCUT2D eigenvalue weighted by Gasteiger charge is -2.27. The molecule has 0 radical (unpaired) electrons. The van der Waals surface area contributed by atoms with Crippen molar-refractivity contribution in [2.24, 2.45) is 5.73 Å². The van der Waals surface area contributed by atoms with Gasteiger partial charge in [-0.15, -0.1) is 0 Å². The van der Waals surface area contributed by atoms with E-state index >= 15 is 0 Å². The Bertz CT molecular complexity index is 1670. The molecule has 0 atom stereocenters. The predicted molar refractivity (Wildman–Crippen MR) is 152 cm³/mol. The van der Waals surface area contributed by atoms with Crippen LogP contribution >= 0.6 is 0 Å². The Labute approximate surface area is 231 Å². The number of anilines is 1. The van der Waals surface area contributed by atoms with Crippen molar-refractivity contribution in [3.05, 3.63) is 73.0 Å². The summed E-state index contributed by atoms with van der Waals surface area (Å²) in [7, 11) is 0. The molecule has 1 fully saturated rings. The fourth-order valence-corrected chi connectivity index (χ4v) is 5.33. The van der Waals surface area contributed by atoms with Crippen LogP contribution in [0.5, 0.6) is 0 Å². The van der Waals surface area contributed by atoms with Crippen molar-refractivity contribution in [3.8, 4) is 22.6 Å². The molecule has 0 unspecified atom stereocenters. The predicted octanol–water partition coefficient (Wildman–Crippen LogP) is 4.00. The van der Waals surface area contributed by atoms with E-state index in [1.807, 2.05) is 33.6 Å². The molecule has 4 heterocycles. The molecular formula is C29H31N9O2. The van der Waals surface area contributed by atoms with Gasteiger partial charge in [0.15, 0.2) is 5.65 Å². The van der Waals surface area contributed by atoms with Crippen LogP contribution in [0.25, 0.3) is 33.7 Å². The molecule has 4 aromatic heterocycles. The Kier molecular flexibility index (Phi) is 6.72. The number of hydrogen-bond donors (Lipinski definition) is 3. The number of aliphatic hydroxyl groups is 1. The standard InChI is InChI=1S/C29H31N9O2/c1-17(2)27-26-25(37-14-24(34-16-37)18-12-31-15-32-13-18)9-10-33-29(26)38(36-27)20-5-8-22(28(30)40)23(11-20)35-19-3-6-21(39)7-4-19/h5,8-17,19,21,35,39H,3-4,6-7H2,1-2H3,(H2,30,40). The molecule has 1 aliphatic rings. The zero-order valence-electron chi connectivity index (χ0n) is 22.4. The van der Waals surface area contributed by atoms with Gasteiger partial charge in [-0.1, -0.05) is 13.8 Å². The monoisotopic (exact) mass is 537 g/mol. The third kappa shape index (κ3) is 4.79. The number of amides is 1. The molecule has 204 valence electrons. The molecule has 40 heavy (non-hydrogen) atoms. The van der Waals surface area contributed by atoms with E-state index in [1.165, 1.54) is 6.33 Å². The summed E-state index contributed by atoms with van der Waals surface area (Å²) in [5, 5.41) is 19.3. The zero-order valence-corrected chi connectivity index (χ0v) is 22.4. The smallest absolute Gasteiger partial charge is 0.250 e. The molecule has 6 rings (SSSR count). The number of nitrogens with zero attached hydrogens (tertiary/aromatic N) is 7. The normalized spacial score (nSPS) is 17.4. The van der Waals surface area contributed by atoms with E-state index in [4.69, 9.17) is 15.8 Å². The van der Waals surface area contributed by atoms with Crippen LogP contribution < -0.4 is 11.1 Å². The van der Waals surface area contributed by atoms with Gasteiger partial charge in [-0.05, 0) is 55.9 Å². The van der Waals surface area contributed by atoms with Gasteiger partial charge < -0.3 is 20.7 Å². The summed E-state index contributed by atoms with van der Waals surface area (Å²) in [6.07, 6.45) is 13.3. The largest absolute Gasteiger partial charge is 0.393 e. The summed E-state index contributed by atoms with van der Waals surface area (Å²) in [6.45, 7) is 4.20. The number of aromatic nitrogens is 7. The first-order valence-electron chi connectivity index (χ1n) is 13.4. The van der Waals surface area contributed by atoms with Gasteiger partial charge in [0.05, 0.1) is 46.1 Å². The average Bonchev–Trinajstić information content (AvgIpc) is 3.61. The number of carbonyl (C=O) groups is 1. The number of carbonyl (C=O) groups excluding carboxylic acids is 1. The average molecular weight is 538 g/mol. The first-order chi connectivity index (χ1) is 19.4. The number of imidazole rings is 1. The van der Waals surface area contributed by atoms with E-state index in [9.17, 15) is 9.90 Å². The highest BCUT2D eigenvalue weighted by Crippen LogP contribution is 2.33. The summed E-state index contributed by atoms with van der Waals surface area (Å²) >= 11 is 0. The van der Waals surface area contributed by atoms with Crippen molar-refractivity contribution in [1.29, 1.82) is 0 Å². The van der Waals surface area contributed by atoms with Crippen LogP contribution in [0, 0.1) is 0 Å². The fraction of sp³-hybridized carbons (Fsp3) is 0.310. The molecule has 5 aromatic rings. The number of rotatable bonds is 7. The summed E-state index contributed by atoms with van der Waals surface area (Å²) in [4.78, 5) is 29.8. The van der Waals surface area contributed by atoms with Gasteiger partial charge in [0.1, 0.15) is 6.33 Å². The molecule has 1 aliphatic carbocycles. The molecule has 11 heteroatoms. The lowest BCUT2D eigenvalue weighted by molar-refractivity contribution is 0.100.